The number of carbonyl (C=O) groups excluding carboxylic acids is 3. The minimum Gasteiger partial charge on any atom is -0.413 e. The largest absolute Gasteiger partial charge is 0.413 e. The molecule has 1 saturated carbocycles. The molecule has 0 radical (unpaired) electrons. The van der Waals surface area contributed by atoms with Gasteiger partial charge in [-0.1, -0.05) is 58.6 Å². The Balaban J connectivity index is 1.82. The molecule has 35 heavy (non-hydrogen) atoms. The fraction of sp³-hybridized carbons (Fsp3) is 0.667. The highest BCUT2D eigenvalue weighted by molar-refractivity contribution is 6.74. The Labute approximate surface area is 216 Å². The fourth-order valence-corrected chi connectivity index (χ4v) is 6.52. The molecule has 0 spiro atoms. The van der Waals surface area contributed by atoms with Gasteiger partial charge < -0.3 is 9.74 Å². The lowest BCUT2D eigenvalue weighted by molar-refractivity contribution is -0.147. The summed E-state index contributed by atoms with van der Waals surface area (Å²) in [5.41, 5.74) is 0.448. The van der Waals surface area contributed by atoms with Crippen LogP contribution in [0.5, 0.6) is 0 Å². The Bertz CT molecular complexity index is 937. The van der Waals surface area contributed by atoms with Crippen LogP contribution in [0, 0.1) is 11.8 Å². The highest BCUT2D eigenvalue weighted by atomic mass is 35.5. The predicted molar refractivity (Wildman–Crippen MR) is 142 cm³/mol. The van der Waals surface area contributed by atoms with Crippen molar-refractivity contribution < 1.29 is 18.8 Å². The van der Waals surface area contributed by atoms with Gasteiger partial charge in [0.05, 0.1) is 24.0 Å². The molecular weight excluding hydrogens is 480 g/mol. The number of nitrogens with one attached hydrogen (secondary N) is 1. The number of imide groups is 1. The first-order valence-corrected chi connectivity index (χ1v) is 16.1. The molecule has 1 aromatic rings. The number of hydrogen-bond acceptors (Lipinski definition) is 4. The molecule has 1 saturated heterocycles. The number of nitrogens with zero attached hydrogens (tertiary/aromatic N) is 1. The van der Waals surface area contributed by atoms with Crippen molar-refractivity contribution in [3.8, 4) is 0 Å². The van der Waals surface area contributed by atoms with E-state index in [1.807, 2.05) is 13.8 Å². The molecule has 2 fully saturated rings. The summed E-state index contributed by atoms with van der Waals surface area (Å²) in [6, 6.07) is 6.19. The number of β-lactam (4-membered cyclic amide) rings is 1. The quantitative estimate of drug-likeness (QED) is 0.364. The third-order valence-corrected chi connectivity index (χ3v) is 13.0. The normalized spacial score (nSPS) is 23.1. The summed E-state index contributed by atoms with van der Waals surface area (Å²) < 4.78 is 6.52. The minimum atomic E-state index is -2.09. The lowest BCUT2D eigenvalue weighted by atomic mass is 9.78. The molecule has 0 unspecified atom stereocenters. The summed E-state index contributed by atoms with van der Waals surface area (Å²) in [6.07, 6.45) is 4.42. The summed E-state index contributed by atoms with van der Waals surface area (Å²) >= 11 is 6.02. The molecule has 1 aliphatic carbocycles. The maximum atomic E-state index is 13.9. The van der Waals surface area contributed by atoms with E-state index in [4.69, 9.17) is 16.0 Å². The van der Waals surface area contributed by atoms with Crippen molar-refractivity contribution in [3.05, 3.63) is 34.9 Å². The molecule has 0 bridgehead atoms. The fourth-order valence-electron chi connectivity index (χ4n) is 4.96. The van der Waals surface area contributed by atoms with Crippen molar-refractivity contribution >= 4 is 37.6 Å². The van der Waals surface area contributed by atoms with Gasteiger partial charge in [-0.3, -0.25) is 19.3 Å². The Kier molecular flexibility index (Phi) is 8.55. The van der Waals surface area contributed by atoms with E-state index in [1.165, 1.54) is 4.90 Å². The lowest BCUT2D eigenvalue weighted by Gasteiger charge is -2.47. The van der Waals surface area contributed by atoms with E-state index in [0.717, 1.165) is 32.1 Å². The molecule has 6 nitrogen and oxygen atoms in total. The summed E-state index contributed by atoms with van der Waals surface area (Å²) in [5, 5.41) is 3.50. The molecular formula is C27H41ClN2O4Si. The molecule has 1 N–H and O–H groups in total. The van der Waals surface area contributed by atoms with Crippen molar-refractivity contribution in [2.45, 2.75) is 103 Å². The Hall–Kier alpha value is -1.70. The summed E-state index contributed by atoms with van der Waals surface area (Å²) in [5.74, 6) is -1.57. The SMILES string of the molecule is C[C@@H](O[Si](C)(C)C(C)(C)C)[C@H]1C(=O)N[C@@H]1[C@@H](C)C(=O)N(C(=O)c1ccc(Cl)cc1)C1CCCCC1. The highest BCUT2D eigenvalue weighted by Gasteiger charge is 2.51. The van der Waals surface area contributed by atoms with Crippen LogP contribution >= 0.6 is 11.6 Å². The second-order valence-corrected chi connectivity index (χ2v) is 16.9. The van der Waals surface area contributed by atoms with Gasteiger partial charge in [-0.2, -0.15) is 0 Å². The second-order valence-electron chi connectivity index (χ2n) is 11.7. The van der Waals surface area contributed by atoms with E-state index in [9.17, 15) is 14.4 Å². The van der Waals surface area contributed by atoms with Gasteiger partial charge in [-0.25, -0.2) is 0 Å². The van der Waals surface area contributed by atoms with Crippen LogP contribution in [-0.2, 0) is 14.0 Å². The van der Waals surface area contributed by atoms with Gasteiger partial charge in [-0.15, -0.1) is 0 Å². The monoisotopic (exact) mass is 520 g/mol. The molecule has 194 valence electrons. The number of hydrogen-bond donors (Lipinski definition) is 1. The Morgan fingerprint density at radius 2 is 1.66 bits per heavy atom. The van der Waals surface area contributed by atoms with Crippen LogP contribution in [0.1, 0.15) is 77.1 Å². The number of carbonyl (C=O) groups is 3. The van der Waals surface area contributed by atoms with Crippen LogP contribution in [0.3, 0.4) is 0 Å². The van der Waals surface area contributed by atoms with Crippen molar-refractivity contribution in [3.63, 3.8) is 0 Å². The van der Waals surface area contributed by atoms with Crippen LogP contribution in [0.15, 0.2) is 24.3 Å². The first-order valence-electron chi connectivity index (χ1n) is 12.9. The average Bonchev–Trinajstić information content (AvgIpc) is 2.76. The number of amides is 3. The smallest absolute Gasteiger partial charge is 0.260 e. The maximum absolute atomic E-state index is 13.9. The van der Waals surface area contributed by atoms with E-state index in [0.29, 0.717) is 10.6 Å². The van der Waals surface area contributed by atoms with Gasteiger partial charge in [0.2, 0.25) is 11.8 Å². The standard InChI is InChI=1S/C27H41ClN2O4Si/c1-17(23-22(24(31)29-23)18(2)34-35(6,7)27(3,4)5)25(32)30(21-11-9-8-10-12-21)26(33)19-13-15-20(28)16-14-19/h13-18,21-23H,8-12H2,1-7H3,(H,29,31)/t17-,18-,22-,23-/m1/s1. The zero-order chi connectivity index (χ0) is 26.1. The van der Waals surface area contributed by atoms with Crippen molar-refractivity contribution in [2.24, 2.45) is 11.8 Å². The van der Waals surface area contributed by atoms with E-state index < -0.39 is 20.2 Å². The van der Waals surface area contributed by atoms with Crippen LogP contribution < -0.4 is 5.32 Å². The van der Waals surface area contributed by atoms with Crippen LogP contribution in [0.4, 0.5) is 0 Å². The molecule has 1 heterocycles. The molecule has 3 amide bonds. The van der Waals surface area contributed by atoms with Gasteiger partial charge in [0.1, 0.15) is 0 Å². The van der Waals surface area contributed by atoms with Crippen LogP contribution in [0.2, 0.25) is 23.2 Å². The number of benzene rings is 1. The van der Waals surface area contributed by atoms with E-state index in [-0.39, 0.29) is 40.9 Å². The van der Waals surface area contributed by atoms with Gasteiger partial charge in [0, 0.05) is 16.6 Å². The van der Waals surface area contributed by atoms with Crippen molar-refractivity contribution in [2.75, 3.05) is 0 Å². The molecule has 4 atom stereocenters. The molecule has 8 heteroatoms. The molecule has 1 aromatic carbocycles. The molecule has 1 aliphatic heterocycles. The maximum Gasteiger partial charge on any atom is 0.260 e. The summed E-state index contributed by atoms with van der Waals surface area (Å²) in [7, 11) is -2.09. The summed E-state index contributed by atoms with van der Waals surface area (Å²) in [4.78, 5) is 41.5. The third kappa shape index (κ3) is 6.00. The topological polar surface area (TPSA) is 75.7 Å². The van der Waals surface area contributed by atoms with Gasteiger partial charge in [0.25, 0.3) is 5.91 Å². The zero-order valence-corrected chi connectivity index (χ0v) is 23.9. The van der Waals surface area contributed by atoms with Crippen molar-refractivity contribution in [1.82, 2.24) is 10.2 Å². The first kappa shape index (κ1) is 27.9. The molecule has 0 aromatic heterocycles. The third-order valence-electron chi connectivity index (χ3n) is 8.21. The zero-order valence-electron chi connectivity index (χ0n) is 22.2. The Morgan fingerprint density at radius 1 is 1.09 bits per heavy atom. The van der Waals surface area contributed by atoms with E-state index in [1.54, 1.807) is 24.3 Å². The summed E-state index contributed by atoms with van der Waals surface area (Å²) in [6.45, 7) is 14.6. The van der Waals surface area contributed by atoms with Crippen LogP contribution in [-0.4, -0.2) is 49.1 Å². The lowest BCUT2D eigenvalue weighted by Crippen LogP contribution is -2.68. The Morgan fingerprint density at radius 3 is 2.17 bits per heavy atom. The average molecular weight is 521 g/mol. The van der Waals surface area contributed by atoms with Gasteiger partial charge in [0.15, 0.2) is 8.32 Å². The van der Waals surface area contributed by atoms with Crippen LogP contribution in [0.25, 0.3) is 0 Å². The predicted octanol–water partition coefficient (Wildman–Crippen LogP) is 5.80. The van der Waals surface area contributed by atoms with E-state index in [2.05, 4.69) is 39.2 Å². The highest BCUT2D eigenvalue weighted by Crippen LogP contribution is 2.40. The molecule has 2 aliphatic rings. The van der Waals surface area contributed by atoms with Crippen molar-refractivity contribution in [1.29, 1.82) is 0 Å². The van der Waals surface area contributed by atoms with Gasteiger partial charge >= 0.3 is 0 Å². The number of rotatable bonds is 7. The van der Waals surface area contributed by atoms with Gasteiger partial charge in [-0.05, 0) is 62.2 Å². The van der Waals surface area contributed by atoms with E-state index >= 15 is 0 Å². The minimum absolute atomic E-state index is 0.0151. The number of halogens is 1. The second kappa shape index (κ2) is 10.7. The first-order chi connectivity index (χ1) is 16.2. The molecule has 3 rings (SSSR count).